The molecule has 178 valence electrons. The van der Waals surface area contributed by atoms with E-state index in [4.69, 9.17) is 4.84 Å². The predicted octanol–water partition coefficient (Wildman–Crippen LogP) is 4.46. The van der Waals surface area contributed by atoms with Crippen LogP contribution in [-0.4, -0.2) is 62.2 Å². The van der Waals surface area contributed by atoms with Gasteiger partial charge >= 0.3 is 0 Å². The highest BCUT2D eigenvalue weighted by Gasteiger charge is 2.25. The molecule has 0 radical (unpaired) electrons. The third-order valence-corrected chi connectivity index (χ3v) is 7.53. The number of nitrogens with one attached hydrogen (secondary N) is 1. The first-order chi connectivity index (χ1) is 16.7. The van der Waals surface area contributed by atoms with Crippen LogP contribution in [0.3, 0.4) is 0 Å². The third kappa shape index (κ3) is 5.02. The minimum atomic E-state index is 0.119. The summed E-state index contributed by atoms with van der Waals surface area (Å²) in [6.45, 7) is 5.39. The number of likely N-dealkylation sites (tertiary alicyclic amines) is 1. The zero-order valence-corrected chi connectivity index (χ0v) is 20.1. The number of fused-ring (bicyclic) bond motifs is 2. The number of carbonyl (C=O) groups is 1. The van der Waals surface area contributed by atoms with Crippen LogP contribution in [0.4, 0.5) is 0 Å². The topological polar surface area (TPSA) is 44.8 Å². The Morgan fingerprint density at radius 1 is 0.912 bits per heavy atom. The van der Waals surface area contributed by atoms with Crippen LogP contribution in [0.1, 0.15) is 47.9 Å². The zero-order chi connectivity index (χ0) is 23.3. The fourth-order valence-electron chi connectivity index (χ4n) is 5.52. The number of rotatable bonds is 5. The van der Waals surface area contributed by atoms with Crippen molar-refractivity contribution in [2.45, 2.75) is 25.7 Å². The van der Waals surface area contributed by atoms with E-state index in [0.29, 0.717) is 0 Å². The van der Waals surface area contributed by atoms with Gasteiger partial charge in [0.15, 0.2) is 0 Å². The number of amides is 1. The Labute approximate surface area is 203 Å². The summed E-state index contributed by atoms with van der Waals surface area (Å²) in [5.41, 5.74) is 8.25. The zero-order valence-electron chi connectivity index (χ0n) is 20.1. The molecule has 0 saturated carbocycles. The van der Waals surface area contributed by atoms with Crippen LogP contribution in [0.2, 0.25) is 0 Å². The first-order valence-corrected chi connectivity index (χ1v) is 12.6. The van der Waals surface area contributed by atoms with Gasteiger partial charge in [-0.2, -0.15) is 5.06 Å². The molecule has 0 bridgehead atoms. The lowest BCUT2D eigenvalue weighted by Crippen LogP contribution is -2.43. The van der Waals surface area contributed by atoms with Gasteiger partial charge in [-0.15, -0.1) is 0 Å². The molecule has 5 nitrogen and oxygen atoms in total. The fourth-order valence-corrected chi connectivity index (χ4v) is 5.52. The average molecular weight is 458 g/mol. The quantitative estimate of drug-likeness (QED) is 0.615. The number of benzene rings is 2. The second kappa shape index (κ2) is 10.7. The van der Waals surface area contributed by atoms with Crippen molar-refractivity contribution >= 4 is 23.6 Å². The molecule has 2 aromatic carbocycles. The standard InChI is InChI=1S/C29H35N3O2/c1-34-32-19-14-25(15-20-32)29(33)30-16-21-31-17-12-24(13-18-31)28-26-8-4-2-6-22(26)10-11-23-7-3-5-9-27(23)28/h2-11,25H,12-21H2,1H3,(H,30,33). The first kappa shape index (κ1) is 23.0. The van der Waals surface area contributed by atoms with Crippen LogP contribution in [0, 0.1) is 5.92 Å². The van der Waals surface area contributed by atoms with Crippen molar-refractivity contribution in [2.75, 3.05) is 46.4 Å². The van der Waals surface area contributed by atoms with E-state index in [9.17, 15) is 4.79 Å². The number of piperidine rings is 2. The van der Waals surface area contributed by atoms with Crippen molar-refractivity contribution in [3.8, 4) is 0 Å². The molecular weight excluding hydrogens is 422 g/mol. The Morgan fingerprint density at radius 3 is 2.09 bits per heavy atom. The molecule has 2 aromatic rings. The summed E-state index contributed by atoms with van der Waals surface area (Å²) in [5, 5.41) is 5.12. The Hall–Kier alpha value is -2.73. The average Bonchev–Trinajstić information content (AvgIpc) is 3.06. The molecule has 0 aromatic heterocycles. The minimum absolute atomic E-state index is 0.119. The highest BCUT2D eigenvalue weighted by Crippen LogP contribution is 2.38. The number of hydrogen-bond acceptors (Lipinski definition) is 4. The molecule has 2 saturated heterocycles. The Balaban J connectivity index is 1.20. The summed E-state index contributed by atoms with van der Waals surface area (Å²) < 4.78 is 0. The molecule has 1 amide bonds. The van der Waals surface area contributed by atoms with Gasteiger partial charge in [0.2, 0.25) is 5.91 Å². The third-order valence-electron chi connectivity index (χ3n) is 7.53. The molecule has 2 fully saturated rings. The van der Waals surface area contributed by atoms with Crippen LogP contribution < -0.4 is 5.32 Å². The van der Waals surface area contributed by atoms with Gasteiger partial charge in [-0.25, -0.2) is 0 Å². The van der Waals surface area contributed by atoms with Crippen molar-refractivity contribution in [1.29, 1.82) is 0 Å². The summed E-state index contributed by atoms with van der Waals surface area (Å²) in [7, 11) is 1.70. The van der Waals surface area contributed by atoms with E-state index in [1.54, 1.807) is 12.7 Å². The Kier molecular flexibility index (Phi) is 7.24. The molecule has 1 aliphatic carbocycles. The largest absolute Gasteiger partial charge is 0.355 e. The van der Waals surface area contributed by atoms with Crippen LogP contribution >= 0.6 is 0 Å². The van der Waals surface area contributed by atoms with Gasteiger partial charge < -0.3 is 15.1 Å². The van der Waals surface area contributed by atoms with Gasteiger partial charge in [0.05, 0.1) is 7.11 Å². The van der Waals surface area contributed by atoms with E-state index in [1.165, 1.54) is 27.8 Å². The lowest BCUT2D eigenvalue weighted by molar-refractivity contribution is -0.154. The van der Waals surface area contributed by atoms with Gasteiger partial charge in [0.25, 0.3) is 0 Å². The monoisotopic (exact) mass is 457 g/mol. The summed E-state index contributed by atoms with van der Waals surface area (Å²) in [6, 6.07) is 17.5. The van der Waals surface area contributed by atoms with Gasteiger partial charge in [-0.05, 0) is 53.5 Å². The van der Waals surface area contributed by atoms with Crippen molar-refractivity contribution < 1.29 is 9.63 Å². The molecule has 0 unspecified atom stereocenters. The highest BCUT2D eigenvalue weighted by molar-refractivity contribution is 5.94. The number of carbonyl (C=O) groups excluding carboxylic acids is 1. The van der Waals surface area contributed by atoms with E-state index in [0.717, 1.165) is 65.0 Å². The summed E-state index contributed by atoms with van der Waals surface area (Å²) in [4.78, 5) is 20.3. The fraction of sp³-hybridized carbons (Fsp3) is 0.414. The lowest BCUT2D eigenvalue weighted by Gasteiger charge is -2.31. The van der Waals surface area contributed by atoms with E-state index < -0.39 is 0 Å². The molecule has 2 aliphatic heterocycles. The maximum atomic E-state index is 12.6. The number of hydroxylamine groups is 2. The van der Waals surface area contributed by atoms with E-state index in [-0.39, 0.29) is 11.8 Å². The van der Waals surface area contributed by atoms with Gasteiger partial charge in [-0.1, -0.05) is 66.3 Å². The Morgan fingerprint density at radius 2 is 1.50 bits per heavy atom. The van der Waals surface area contributed by atoms with Crippen LogP contribution in [0.25, 0.3) is 17.7 Å². The smallest absolute Gasteiger partial charge is 0.223 e. The van der Waals surface area contributed by atoms with Crippen molar-refractivity contribution in [3.63, 3.8) is 0 Å². The maximum absolute atomic E-state index is 12.6. The van der Waals surface area contributed by atoms with Gasteiger partial charge in [0.1, 0.15) is 0 Å². The summed E-state index contributed by atoms with van der Waals surface area (Å²) in [5.74, 6) is 0.322. The Bertz CT molecular complexity index is 1020. The number of nitrogens with zero attached hydrogens (tertiary/aromatic N) is 2. The molecule has 2 heterocycles. The maximum Gasteiger partial charge on any atom is 0.223 e. The van der Waals surface area contributed by atoms with Crippen molar-refractivity contribution in [2.24, 2.45) is 5.92 Å². The van der Waals surface area contributed by atoms with Gasteiger partial charge in [-0.3, -0.25) is 4.79 Å². The van der Waals surface area contributed by atoms with Gasteiger partial charge in [0, 0.05) is 45.2 Å². The van der Waals surface area contributed by atoms with E-state index in [2.05, 4.69) is 70.9 Å². The molecule has 5 rings (SSSR count). The molecule has 1 N–H and O–H groups in total. The summed E-state index contributed by atoms with van der Waals surface area (Å²) in [6.07, 6.45) is 8.39. The van der Waals surface area contributed by atoms with Crippen molar-refractivity contribution in [1.82, 2.24) is 15.3 Å². The normalized spacial score (nSPS) is 19.4. The van der Waals surface area contributed by atoms with E-state index in [1.807, 2.05) is 5.06 Å². The molecule has 3 aliphatic rings. The second-order valence-corrected chi connectivity index (χ2v) is 9.50. The van der Waals surface area contributed by atoms with E-state index >= 15 is 0 Å². The molecule has 0 spiro atoms. The van der Waals surface area contributed by atoms with Crippen LogP contribution in [-0.2, 0) is 9.63 Å². The van der Waals surface area contributed by atoms with Crippen LogP contribution in [0.5, 0.6) is 0 Å². The molecule has 0 atom stereocenters. The molecular formula is C29H35N3O2. The minimum Gasteiger partial charge on any atom is -0.355 e. The van der Waals surface area contributed by atoms with Crippen LogP contribution in [0.15, 0.2) is 54.1 Å². The summed E-state index contributed by atoms with van der Waals surface area (Å²) >= 11 is 0. The molecule has 34 heavy (non-hydrogen) atoms. The predicted molar refractivity (Wildman–Crippen MR) is 138 cm³/mol. The second-order valence-electron chi connectivity index (χ2n) is 9.50. The molecule has 5 heteroatoms. The number of hydrogen-bond donors (Lipinski definition) is 1. The highest BCUT2D eigenvalue weighted by atomic mass is 16.7. The SMILES string of the molecule is CON1CCC(C(=O)NCCN2CCC(=C3c4ccccc4C=Cc4ccccc43)CC2)CC1. The van der Waals surface area contributed by atoms with Crippen molar-refractivity contribution in [3.05, 3.63) is 76.4 Å². The first-order valence-electron chi connectivity index (χ1n) is 12.6. The lowest BCUT2D eigenvalue weighted by atomic mass is 9.86.